The molecule has 4 N–H and O–H groups in total. The predicted molar refractivity (Wildman–Crippen MR) is 129 cm³/mol. The molecule has 0 aliphatic carbocycles. The molecule has 178 valence electrons. The molecule has 3 aromatic rings. The van der Waals surface area contributed by atoms with E-state index in [0.29, 0.717) is 24.8 Å². The third-order valence-corrected chi connectivity index (χ3v) is 6.36. The fraction of sp³-hybridized carbons (Fsp3) is 0.400. The third-order valence-electron chi connectivity index (χ3n) is 6.36. The molecule has 0 radical (unpaired) electrons. The number of ether oxygens (including phenoxy) is 3. The van der Waals surface area contributed by atoms with Crippen molar-refractivity contribution < 1.29 is 14.2 Å². The number of hydrogen-bond donors (Lipinski definition) is 2. The van der Waals surface area contributed by atoms with Gasteiger partial charge in [0.15, 0.2) is 17.4 Å². The van der Waals surface area contributed by atoms with Gasteiger partial charge in [-0.15, -0.1) is 0 Å². The van der Waals surface area contributed by atoms with Crippen molar-refractivity contribution in [1.29, 1.82) is 0 Å². The van der Waals surface area contributed by atoms with Crippen LogP contribution in [0.4, 0.5) is 11.6 Å². The van der Waals surface area contributed by atoms with Crippen molar-refractivity contribution in [1.82, 2.24) is 19.9 Å². The highest BCUT2D eigenvalue weighted by Crippen LogP contribution is 2.31. The van der Waals surface area contributed by atoms with E-state index >= 15 is 0 Å². The molecule has 5 rings (SSSR count). The summed E-state index contributed by atoms with van der Waals surface area (Å²) in [5.74, 6) is 1.33. The Hall–Kier alpha value is -3.43. The van der Waals surface area contributed by atoms with Crippen LogP contribution in [0.2, 0.25) is 0 Å². The van der Waals surface area contributed by atoms with Gasteiger partial charge in [-0.05, 0) is 55.3 Å². The molecule has 2 aliphatic heterocycles. The van der Waals surface area contributed by atoms with E-state index in [1.165, 1.54) is 16.7 Å². The van der Waals surface area contributed by atoms with E-state index in [9.17, 15) is 0 Å². The maximum absolute atomic E-state index is 6.10. The van der Waals surface area contributed by atoms with Crippen LogP contribution in [-0.2, 0) is 24.3 Å². The molecule has 1 aromatic carbocycles. The maximum atomic E-state index is 6.10. The molecule has 1 atom stereocenters. The summed E-state index contributed by atoms with van der Waals surface area (Å²) >= 11 is 0. The van der Waals surface area contributed by atoms with E-state index in [-0.39, 0.29) is 24.4 Å². The van der Waals surface area contributed by atoms with Crippen molar-refractivity contribution in [2.75, 3.05) is 38.3 Å². The first-order valence-electron chi connectivity index (χ1n) is 11.5. The first-order chi connectivity index (χ1) is 16.5. The summed E-state index contributed by atoms with van der Waals surface area (Å²) in [6, 6.07) is 6.17. The highest BCUT2D eigenvalue weighted by molar-refractivity contribution is 5.64. The fourth-order valence-electron chi connectivity index (χ4n) is 4.51. The second-order valence-corrected chi connectivity index (χ2v) is 8.94. The van der Waals surface area contributed by atoms with Crippen LogP contribution in [0.25, 0.3) is 11.3 Å². The van der Waals surface area contributed by atoms with Crippen molar-refractivity contribution in [2.45, 2.75) is 39.0 Å². The number of anilines is 2. The van der Waals surface area contributed by atoms with Crippen LogP contribution in [0.5, 0.6) is 11.6 Å². The zero-order valence-electron chi connectivity index (χ0n) is 19.6. The first-order valence-corrected chi connectivity index (χ1v) is 11.5. The lowest BCUT2D eigenvalue weighted by Gasteiger charge is -2.27. The van der Waals surface area contributed by atoms with Gasteiger partial charge in [0.2, 0.25) is 0 Å². The lowest BCUT2D eigenvalue weighted by atomic mass is 9.92. The van der Waals surface area contributed by atoms with Gasteiger partial charge in [-0.2, -0.15) is 0 Å². The summed E-state index contributed by atoms with van der Waals surface area (Å²) in [4.78, 5) is 15.5. The summed E-state index contributed by atoms with van der Waals surface area (Å²) in [5.41, 5.74) is 18.7. The number of benzene rings is 1. The van der Waals surface area contributed by atoms with E-state index in [2.05, 4.69) is 41.0 Å². The van der Waals surface area contributed by atoms with E-state index in [0.717, 1.165) is 42.8 Å². The maximum Gasteiger partial charge on any atom is 0.258 e. The smallest absolute Gasteiger partial charge is 0.258 e. The molecule has 1 fully saturated rings. The quantitative estimate of drug-likeness (QED) is 0.569. The molecular weight excluding hydrogens is 432 g/mol. The van der Waals surface area contributed by atoms with E-state index < -0.39 is 0 Å². The Morgan fingerprint density at radius 2 is 2.09 bits per heavy atom. The Morgan fingerprint density at radius 3 is 2.91 bits per heavy atom. The minimum atomic E-state index is -0.0512. The standard InChI is InChI=1S/C25H30N6O3/c1-15-9-17(10-18-12-31(2)7-4-20(15)18)21-11-29-24(27)25(30-21)33-13-16-3-6-28-23(26)22(16)34-19-5-8-32-14-19/h3,6,9-11,19H,4-5,7-8,12-14H2,1-2H3,(H2,26,28)(H2,27,29). The van der Waals surface area contributed by atoms with Crippen LogP contribution in [0, 0.1) is 6.92 Å². The van der Waals surface area contributed by atoms with Crippen LogP contribution in [0.1, 0.15) is 28.7 Å². The van der Waals surface area contributed by atoms with Gasteiger partial charge in [-0.1, -0.05) is 0 Å². The van der Waals surface area contributed by atoms with Crippen LogP contribution in [0.3, 0.4) is 0 Å². The van der Waals surface area contributed by atoms with Gasteiger partial charge < -0.3 is 30.6 Å². The molecule has 2 aliphatic rings. The van der Waals surface area contributed by atoms with Crippen molar-refractivity contribution in [3.63, 3.8) is 0 Å². The third kappa shape index (κ3) is 4.62. The number of nitrogens with two attached hydrogens (primary N) is 2. The Kier molecular flexibility index (Phi) is 6.21. The average Bonchev–Trinajstić information content (AvgIpc) is 3.33. The highest BCUT2D eigenvalue weighted by atomic mass is 16.5. The molecule has 9 heteroatoms. The minimum Gasteiger partial charge on any atom is -0.484 e. The van der Waals surface area contributed by atoms with Crippen molar-refractivity contribution >= 4 is 11.6 Å². The monoisotopic (exact) mass is 462 g/mol. The predicted octanol–water partition coefficient (Wildman–Crippen LogP) is 2.75. The second-order valence-electron chi connectivity index (χ2n) is 8.94. The molecule has 4 heterocycles. The van der Waals surface area contributed by atoms with Crippen molar-refractivity contribution in [2.24, 2.45) is 0 Å². The van der Waals surface area contributed by atoms with Crippen LogP contribution in [-0.4, -0.2) is 52.8 Å². The number of aromatic nitrogens is 3. The highest BCUT2D eigenvalue weighted by Gasteiger charge is 2.22. The molecule has 1 unspecified atom stereocenters. The largest absolute Gasteiger partial charge is 0.484 e. The SMILES string of the molecule is Cc1cc(-c2cnc(N)c(OCc3ccnc(N)c3OC3CCOC3)n2)cc2c1CCN(C)C2. The molecule has 2 aromatic heterocycles. The normalized spacial score (nSPS) is 18.0. The Balaban J connectivity index is 1.38. The van der Waals surface area contributed by atoms with Gasteiger partial charge in [0.05, 0.1) is 25.1 Å². The first kappa shape index (κ1) is 22.4. The number of pyridine rings is 1. The van der Waals surface area contributed by atoms with E-state index in [4.69, 9.17) is 30.7 Å². The molecule has 9 nitrogen and oxygen atoms in total. The van der Waals surface area contributed by atoms with Gasteiger partial charge in [-0.25, -0.2) is 15.0 Å². The Bertz CT molecular complexity index is 1200. The van der Waals surface area contributed by atoms with Crippen LogP contribution < -0.4 is 20.9 Å². The van der Waals surface area contributed by atoms with Gasteiger partial charge in [0, 0.05) is 36.8 Å². The lowest BCUT2D eigenvalue weighted by Crippen LogP contribution is -2.27. The number of rotatable bonds is 6. The summed E-state index contributed by atoms with van der Waals surface area (Å²) in [7, 11) is 2.14. The number of nitrogens with zero attached hydrogens (tertiary/aromatic N) is 4. The number of fused-ring (bicyclic) bond motifs is 1. The molecule has 0 saturated carbocycles. The average molecular weight is 463 g/mol. The Morgan fingerprint density at radius 1 is 1.21 bits per heavy atom. The number of nitrogen functional groups attached to an aromatic ring is 2. The molecule has 0 amide bonds. The number of likely N-dealkylation sites (N-methyl/N-ethyl adjacent to an activating group) is 1. The second kappa shape index (κ2) is 9.44. The molecule has 0 spiro atoms. The lowest BCUT2D eigenvalue weighted by molar-refractivity contribution is 0.139. The van der Waals surface area contributed by atoms with E-state index in [1.54, 1.807) is 12.4 Å². The molecular formula is C25H30N6O3. The summed E-state index contributed by atoms with van der Waals surface area (Å²) < 4.78 is 17.5. The van der Waals surface area contributed by atoms with E-state index in [1.807, 2.05) is 6.07 Å². The topological polar surface area (TPSA) is 122 Å². The zero-order chi connectivity index (χ0) is 23.7. The van der Waals surface area contributed by atoms with Gasteiger partial charge in [0.1, 0.15) is 12.7 Å². The molecule has 34 heavy (non-hydrogen) atoms. The van der Waals surface area contributed by atoms with Crippen molar-refractivity contribution in [3.05, 3.63) is 52.8 Å². The summed E-state index contributed by atoms with van der Waals surface area (Å²) in [6.45, 7) is 5.53. The minimum absolute atomic E-state index is 0.0512. The van der Waals surface area contributed by atoms with Crippen molar-refractivity contribution in [3.8, 4) is 22.9 Å². The summed E-state index contributed by atoms with van der Waals surface area (Å²) in [5, 5.41) is 0. The van der Waals surface area contributed by atoms with Crippen LogP contribution in [0.15, 0.2) is 30.6 Å². The van der Waals surface area contributed by atoms with Crippen LogP contribution >= 0.6 is 0 Å². The zero-order valence-corrected chi connectivity index (χ0v) is 19.6. The number of hydrogen-bond acceptors (Lipinski definition) is 9. The van der Waals surface area contributed by atoms with Gasteiger partial charge in [-0.3, -0.25) is 0 Å². The van der Waals surface area contributed by atoms with Gasteiger partial charge >= 0.3 is 0 Å². The molecule has 0 bridgehead atoms. The molecule has 1 saturated heterocycles. The number of aryl methyl sites for hydroxylation is 1. The Labute approximate surface area is 199 Å². The van der Waals surface area contributed by atoms with Gasteiger partial charge in [0.25, 0.3) is 5.88 Å². The fourth-order valence-corrected chi connectivity index (χ4v) is 4.51. The summed E-state index contributed by atoms with van der Waals surface area (Å²) in [6.07, 6.45) is 5.14.